The van der Waals surface area contributed by atoms with Crippen molar-refractivity contribution < 1.29 is 9.47 Å². The van der Waals surface area contributed by atoms with Crippen molar-refractivity contribution in [2.24, 2.45) is 0 Å². The van der Waals surface area contributed by atoms with Gasteiger partial charge in [0, 0.05) is 22.9 Å². The van der Waals surface area contributed by atoms with Gasteiger partial charge >= 0.3 is 0 Å². The number of anilines is 2. The van der Waals surface area contributed by atoms with Crippen LogP contribution in [0.4, 0.5) is 11.5 Å². The molecule has 0 amide bonds. The first-order chi connectivity index (χ1) is 24.1. The molecule has 0 atom stereocenters. The van der Waals surface area contributed by atoms with Crippen molar-refractivity contribution in [2.45, 2.75) is 6.54 Å². The minimum absolute atomic E-state index is 0.359. The number of benzene rings is 4. The number of methoxy groups -OCH3 is 2. The predicted octanol–water partition coefficient (Wildman–Crippen LogP) is 7.98. The van der Waals surface area contributed by atoms with Gasteiger partial charge in [-0.2, -0.15) is 10.2 Å². The molecule has 4 aromatic carbocycles. The number of H-pyrrole nitrogens is 1. The normalized spacial score (nSPS) is 10.8. The van der Waals surface area contributed by atoms with E-state index in [1.807, 2.05) is 120 Å². The Morgan fingerprint density at radius 2 is 1.39 bits per heavy atom. The molecule has 0 spiro atoms. The van der Waals surface area contributed by atoms with Crippen molar-refractivity contribution in [3.05, 3.63) is 132 Å². The largest absolute Gasteiger partial charge is 0.497 e. The highest BCUT2D eigenvalue weighted by atomic mass is 35.5. The smallest absolute Gasteiger partial charge is 0.162 e. The number of aromatic nitrogens is 8. The average molecular weight is 668 g/mol. The number of aromatic amines is 1. The minimum atomic E-state index is 0.359. The van der Waals surface area contributed by atoms with Crippen LogP contribution in [0.1, 0.15) is 5.56 Å². The van der Waals surface area contributed by atoms with Gasteiger partial charge in [0.05, 0.1) is 33.2 Å². The van der Waals surface area contributed by atoms with Crippen molar-refractivity contribution in [1.29, 1.82) is 0 Å². The van der Waals surface area contributed by atoms with Crippen molar-refractivity contribution in [1.82, 2.24) is 39.9 Å². The van der Waals surface area contributed by atoms with Gasteiger partial charge in [-0.05, 0) is 29.8 Å². The number of nitrogens with one attached hydrogen (secondary N) is 2. The van der Waals surface area contributed by atoms with Crippen LogP contribution in [-0.4, -0.2) is 54.1 Å². The lowest BCUT2D eigenvalue weighted by Crippen LogP contribution is -1.99. The maximum atomic E-state index is 6.32. The Balaban J connectivity index is 0.000000154. The highest BCUT2D eigenvalue weighted by molar-refractivity contribution is 6.33. The second-order valence-corrected chi connectivity index (χ2v) is 11.2. The van der Waals surface area contributed by atoms with Gasteiger partial charge in [-0.15, -0.1) is 0 Å². The topological polar surface area (TPSA) is 129 Å². The second kappa shape index (κ2) is 14.2. The van der Waals surface area contributed by atoms with E-state index in [0.717, 1.165) is 50.4 Å². The number of nitrogens with zero attached hydrogens (tertiary/aromatic N) is 7. The van der Waals surface area contributed by atoms with Crippen LogP contribution in [0.5, 0.6) is 11.5 Å². The van der Waals surface area contributed by atoms with Gasteiger partial charge in [0.15, 0.2) is 22.6 Å². The van der Waals surface area contributed by atoms with E-state index in [-0.39, 0.29) is 0 Å². The van der Waals surface area contributed by atoms with Crippen LogP contribution in [0.25, 0.3) is 44.8 Å². The van der Waals surface area contributed by atoms with Crippen LogP contribution in [0, 0.1) is 0 Å². The van der Waals surface area contributed by atoms with Crippen LogP contribution in [-0.2, 0) is 6.54 Å². The predicted molar refractivity (Wildman–Crippen MR) is 191 cm³/mol. The van der Waals surface area contributed by atoms with Gasteiger partial charge in [-0.3, -0.25) is 9.78 Å². The van der Waals surface area contributed by atoms with E-state index in [4.69, 9.17) is 21.1 Å². The maximum absolute atomic E-state index is 6.32. The lowest BCUT2D eigenvalue weighted by atomic mass is 10.2. The molecule has 11 nitrogen and oxygen atoms in total. The van der Waals surface area contributed by atoms with Crippen LogP contribution in [0.2, 0.25) is 5.15 Å². The summed E-state index contributed by atoms with van der Waals surface area (Å²) in [6.07, 6.45) is 3.58. The minimum Gasteiger partial charge on any atom is -0.497 e. The highest BCUT2D eigenvalue weighted by Crippen LogP contribution is 2.28. The fraction of sp³-hybridized carbons (Fsp3) is 0.0811. The standard InChI is InChI=1S/C19H15ClN4O.C18H15N5O/c1-25-15-9-7-13(8-10-15)11-24-12-16-17(23-24)18(20)22-19(21-16)14-5-3-2-4-6-14;1-24-14-9-5-8-13(10-14)20-18-16-15(11-19-23-16)21-17(22-18)12-6-3-2-4-7-12/h2-10,12H,11H2,1H3;2-11H,1H3,(H,19,23)(H,20,21,22). The number of hydrogen-bond donors (Lipinski definition) is 2. The molecule has 0 saturated carbocycles. The summed E-state index contributed by atoms with van der Waals surface area (Å²) in [5.74, 6) is 3.52. The van der Waals surface area contributed by atoms with Gasteiger partial charge in [0.25, 0.3) is 0 Å². The molecular weight excluding hydrogens is 638 g/mol. The molecule has 2 N–H and O–H groups in total. The van der Waals surface area contributed by atoms with Crippen LogP contribution < -0.4 is 14.8 Å². The van der Waals surface area contributed by atoms with Gasteiger partial charge in [-0.25, -0.2) is 19.9 Å². The van der Waals surface area contributed by atoms with Gasteiger partial charge in [-0.1, -0.05) is 90.5 Å². The Kier molecular flexibility index (Phi) is 9.06. The van der Waals surface area contributed by atoms with E-state index in [2.05, 4.69) is 40.5 Å². The van der Waals surface area contributed by atoms with Crippen molar-refractivity contribution in [2.75, 3.05) is 19.5 Å². The molecule has 0 aliphatic rings. The first-order valence-corrected chi connectivity index (χ1v) is 15.7. The molecule has 0 aliphatic heterocycles. The van der Waals surface area contributed by atoms with Gasteiger partial charge in [0.1, 0.15) is 33.6 Å². The molecule has 49 heavy (non-hydrogen) atoms. The SMILES string of the molecule is COc1ccc(Cn2cc3nc(-c4ccccc4)nc(Cl)c3n2)cc1.COc1cccc(Nc2nc(-c3ccccc3)nc3cn[nH]c23)c1. The zero-order chi connectivity index (χ0) is 33.6. The van der Waals surface area contributed by atoms with Crippen LogP contribution in [0.3, 0.4) is 0 Å². The Morgan fingerprint density at radius 1 is 0.714 bits per heavy atom. The molecule has 8 aromatic rings. The number of rotatable bonds is 8. The Morgan fingerprint density at radius 3 is 2.08 bits per heavy atom. The van der Waals surface area contributed by atoms with Crippen LogP contribution >= 0.6 is 11.6 Å². The molecule has 8 rings (SSSR count). The molecule has 4 heterocycles. The third-order valence-corrected chi connectivity index (χ3v) is 7.83. The van der Waals surface area contributed by atoms with Crippen molar-refractivity contribution in [3.8, 4) is 34.3 Å². The molecule has 0 saturated heterocycles. The van der Waals surface area contributed by atoms with E-state index in [1.165, 1.54) is 0 Å². The third-order valence-electron chi connectivity index (χ3n) is 7.57. The summed E-state index contributed by atoms with van der Waals surface area (Å²) < 4.78 is 12.3. The summed E-state index contributed by atoms with van der Waals surface area (Å²) in [7, 11) is 3.30. The van der Waals surface area contributed by atoms with E-state index in [9.17, 15) is 0 Å². The molecule has 0 bridgehead atoms. The Bertz CT molecular complexity index is 2330. The van der Waals surface area contributed by atoms with Crippen LogP contribution in [0.15, 0.2) is 122 Å². The fourth-order valence-electron chi connectivity index (χ4n) is 5.12. The summed E-state index contributed by atoms with van der Waals surface area (Å²) >= 11 is 6.32. The second-order valence-electron chi connectivity index (χ2n) is 10.9. The van der Waals surface area contributed by atoms with E-state index < -0.39 is 0 Å². The lowest BCUT2D eigenvalue weighted by molar-refractivity contribution is 0.414. The molecule has 0 aliphatic carbocycles. The lowest BCUT2D eigenvalue weighted by Gasteiger charge is -2.09. The average Bonchev–Trinajstić information content (AvgIpc) is 3.81. The third kappa shape index (κ3) is 7.16. The summed E-state index contributed by atoms with van der Waals surface area (Å²) in [4.78, 5) is 18.2. The van der Waals surface area contributed by atoms with E-state index in [0.29, 0.717) is 34.7 Å². The number of halogens is 1. The zero-order valence-corrected chi connectivity index (χ0v) is 27.3. The summed E-state index contributed by atoms with van der Waals surface area (Å²) in [5.41, 5.74) is 6.72. The highest BCUT2D eigenvalue weighted by Gasteiger charge is 2.13. The molecule has 12 heteroatoms. The summed E-state index contributed by atoms with van der Waals surface area (Å²) in [6.45, 7) is 0.622. The van der Waals surface area contributed by atoms with Crippen molar-refractivity contribution >= 4 is 45.2 Å². The van der Waals surface area contributed by atoms with Crippen molar-refractivity contribution in [3.63, 3.8) is 0 Å². The first-order valence-electron chi connectivity index (χ1n) is 15.3. The van der Waals surface area contributed by atoms with Gasteiger partial charge < -0.3 is 14.8 Å². The zero-order valence-electron chi connectivity index (χ0n) is 26.6. The van der Waals surface area contributed by atoms with Gasteiger partial charge in [0.2, 0.25) is 0 Å². The number of fused-ring (bicyclic) bond motifs is 2. The quantitative estimate of drug-likeness (QED) is 0.155. The molecule has 0 fully saturated rings. The molecule has 0 radical (unpaired) electrons. The molecule has 242 valence electrons. The first kappa shape index (κ1) is 31.3. The molecule has 4 aromatic heterocycles. The molecular formula is C37H30ClN9O2. The Labute approximate surface area is 286 Å². The monoisotopic (exact) mass is 667 g/mol. The number of ether oxygens (including phenoxy) is 2. The number of hydrogen-bond acceptors (Lipinski definition) is 9. The molecule has 0 unspecified atom stereocenters. The summed E-state index contributed by atoms with van der Waals surface area (Å²) in [6, 6.07) is 35.2. The Hall–Kier alpha value is -6.33. The van der Waals surface area contributed by atoms with E-state index in [1.54, 1.807) is 20.4 Å². The fourth-order valence-corrected chi connectivity index (χ4v) is 5.34. The maximum Gasteiger partial charge on any atom is 0.162 e. The summed E-state index contributed by atoms with van der Waals surface area (Å²) in [5, 5.41) is 15.2. The van der Waals surface area contributed by atoms with E-state index >= 15 is 0 Å².